The Balaban J connectivity index is 1.91. The van der Waals surface area contributed by atoms with Crippen molar-refractivity contribution < 1.29 is 13.9 Å². The zero-order valence-electron chi connectivity index (χ0n) is 13.8. The standard InChI is InChI=1S/C20H18FNO2S/c1-2-24-18-11-9-17(10-12-18)22(14-19-4-3-13-25-19)20(23)15-5-7-16(21)8-6-15/h3-13H,2,14H2,1H3. The third-order valence-corrected chi connectivity index (χ3v) is 4.55. The minimum Gasteiger partial charge on any atom is -0.494 e. The second-order valence-electron chi connectivity index (χ2n) is 5.40. The van der Waals surface area contributed by atoms with Crippen molar-refractivity contribution in [1.82, 2.24) is 0 Å². The Morgan fingerprint density at radius 3 is 2.40 bits per heavy atom. The van der Waals surface area contributed by atoms with Gasteiger partial charge in [0.2, 0.25) is 0 Å². The van der Waals surface area contributed by atoms with Crippen LogP contribution in [-0.4, -0.2) is 12.5 Å². The fourth-order valence-electron chi connectivity index (χ4n) is 2.48. The third kappa shape index (κ3) is 4.25. The van der Waals surface area contributed by atoms with E-state index in [1.807, 2.05) is 48.7 Å². The highest BCUT2D eigenvalue weighted by atomic mass is 32.1. The zero-order valence-corrected chi connectivity index (χ0v) is 14.6. The van der Waals surface area contributed by atoms with Gasteiger partial charge in [-0.2, -0.15) is 0 Å². The van der Waals surface area contributed by atoms with Crippen LogP contribution in [0.2, 0.25) is 0 Å². The number of carbonyl (C=O) groups excluding carboxylic acids is 1. The maximum absolute atomic E-state index is 13.2. The maximum atomic E-state index is 13.2. The van der Waals surface area contributed by atoms with Crippen molar-refractivity contribution in [3.63, 3.8) is 0 Å². The number of hydrogen-bond acceptors (Lipinski definition) is 3. The molecule has 1 heterocycles. The lowest BCUT2D eigenvalue weighted by Gasteiger charge is -2.23. The number of carbonyl (C=O) groups is 1. The molecular weight excluding hydrogens is 337 g/mol. The number of amides is 1. The lowest BCUT2D eigenvalue weighted by molar-refractivity contribution is 0.0985. The van der Waals surface area contributed by atoms with E-state index in [0.717, 1.165) is 16.3 Å². The van der Waals surface area contributed by atoms with Crippen LogP contribution in [0.25, 0.3) is 0 Å². The van der Waals surface area contributed by atoms with Crippen molar-refractivity contribution in [3.05, 3.63) is 82.3 Å². The molecule has 128 valence electrons. The topological polar surface area (TPSA) is 29.5 Å². The monoisotopic (exact) mass is 355 g/mol. The summed E-state index contributed by atoms with van der Waals surface area (Å²) >= 11 is 1.59. The molecule has 3 aromatic rings. The summed E-state index contributed by atoms with van der Waals surface area (Å²) in [5.74, 6) is 0.233. The molecule has 0 saturated carbocycles. The molecule has 3 rings (SSSR count). The molecule has 0 bridgehead atoms. The fourth-order valence-corrected chi connectivity index (χ4v) is 3.17. The van der Waals surface area contributed by atoms with Gasteiger partial charge in [-0.05, 0) is 66.9 Å². The van der Waals surface area contributed by atoms with Gasteiger partial charge in [0.25, 0.3) is 5.91 Å². The Kier molecular flexibility index (Phi) is 5.46. The average Bonchev–Trinajstić information content (AvgIpc) is 3.14. The molecule has 0 aliphatic heterocycles. The molecule has 0 aliphatic carbocycles. The van der Waals surface area contributed by atoms with Crippen LogP contribution in [0, 0.1) is 5.82 Å². The zero-order chi connectivity index (χ0) is 17.6. The largest absolute Gasteiger partial charge is 0.494 e. The molecule has 0 unspecified atom stereocenters. The number of anilines is 1. The number of rotatable bonds is 6. The van der Waals surface area contributed by atoms with Gasteiger partial charge in [-0.15, -0.1) is 11.3 Å². The average molecular weight is 355 g/mol. The van der Waals surface area contributed by atoms with Crippen LogP contribution >= 0.6 is 11.3 Å². The van der Waals surface area contributed by atoms with Crippen molar-refractivity contribution in [2.24, 2.45) is 0 Å². The predicted molar refractivity (Wildman–Crippen MR) is 98.8 cm³/mol. The minimum atomic E-state index is -0.359. The van der Waals surface area contributed by atoms with Crippen molar-refractivity contribution >= 4 is 22.9 Å². The molecule has 0 radical (unpaired) electrons. The number of thiophene rings is 1. The summed E-state index contributed by atoms with van der Waals surface area (Å²) in [6, 6.07) is 17.0. The lowest BCUT2D eigenvalue weighted by Crippen LogP contribution is -2.30. The van der Waals surface area contributed by atoms with E-state index >= 15 is 0 Å². The Morgan fingerprint density at radius 1 is 1.08 bits per heavy atom. The first kappa shape index (κ1) is 17.2. The molecule has 1 aromatic heterocycles. The molecule has 0 atom stereocenters. The molecule has 1 amide bonds. The molecule has 2 aromatic carbocycles. The van der Waals surface area contributed by atoms with E-state index in [-0.39, 0.29) is 11.7 Å². The summed E-state index contributed by atoms with van der Waals surface area (Å²) in [6.45, 7) is 2.98. The molecule has 0 saturated heterocycles. The van der Waals surface area contributed by atoms with Gasteiger partial charge >= 0.3 is 0 Å². The van der Waals surface area contributed by atoms with E-state index in [1.165, 1.54) is 24.3 Å². The minimum absolute atomic E-state index is 0.169. The fraction of sp³-hybridized carbons (Fsp3) is 0.150. The second-order valence-corrected chi connectivity index (χ2v) is 6.44. The predicted octanol–water partition coefficient (Wildman–Crippen LogP) is 5.13. The van der Waals surface area contributed by atoms with Crippen LogP contribution in [0.4, 0.5) is 10.1 Å². The maximum Gasteiger partial charge on any atom is 0.258 e. The second kappa shape index (κ2) is 7.94. The third-order valence-electron chi connectivity index (χ3n) is 3.69. The number of ether oxygens (including phenoxy) is 1. The smallest absolute Gasteiger partial charge is 0.258 e. The van der Waals surface area contributed by atoms with Crippen molar-refractivity contribution in [2.75, 3.05) is 11.5 Å². The van der Waals surface area contributed by atoms with Gasteiger partial charge in [-0.25, -0.2) is 4.39 Å². The SMILES string of the molecule is CCOc1ccc(N(Cc2cccs2)C(=O)c2ccc(F)cc2)cc1. The Hall–Kier alpha value is -2.66. The van der Waals surface area contributed by atoms with Crippen molar-refractivity contribution in [3.8, 4) is 5.75 Å². The molecule has 0 spiro atoms. The van der Waals surface area contributed by atoms with E-state index < -0.39 is 0 Å². The molecular formula is C20H18FNO2S. The van der Waals surface area contributed by atoms with E-state index in [4.69, 9.17) is 4.74 Å². The normalized spacial score (nSPS) is 10.5. The Bertz CT molecular complexity index is 814. The van der Waals surface area contributed by atoms with Gasteiger partial charge in [0.05, 0.1) is 13.2 Å². The van der Waals surface area contributed by atoms with E-state index in [1.54, 1.807) is 16.2 Å². The number of benzene rings is 2. The van der Waals surface area contributed by atoms with Gasteiger partial charge in [0, 0.05) is 16.1 Å². The molecule has 25 heavy (non-hydrogen) atoms. The van der Waals surface area contributed by atoms with Crippen LogP contribution in [0.5, 0.6) is 5.75 Å². The van der Waals surface area contributed by atoms with Crippen LogP contribution in [-0.2, 0) is 6.54 Å². The van der Waals surface area contributed by atoms with Crippen molar-refractivity contribution in [1.29, 1.82) is 0 Å². The van der Waals surface area contributed by atoms with Gasteiger partial charge in [-0.3, -0.25) is 4.79 Å². The van der Waals surface area contributed by atoms with Gasteiger partial charge < -0.3 is 9.64 Å². The molecule has 0 aliphatic rings. The molecule has 0 fully saturated rings. The first-order valence-electron chi connectivity index (χ1n) is 8.00. The Morgan fingerprint density at radius 2 is 1.80 bits per heavy atom. The Labute approximate surface area is 150 Å². The summed E-state index contributed by atoms with van der Waals surface area (Å²) in [5.41, 5.74) is 1.22. The number of hydrogen-bond donors (Lipinski definition) is 0. The van der Waals surface area contributed by atoms with E-state index in [9.17, 15) is 9.18 Å². The number of halogens is 1. The van der Waals surface area contributed by atoms with E-state index in [0.29, 0.717) is 18.7 Å². The van der Waals surface area contributed by atoms with Crippen LogP contribution in [0.15, 0.2) is 66.0 Å². The summed E-state index contributed by atoms with van der Waals surface area (Å²) < 4.78 is 18.6. The molecule has 3 nitrogen and oxygen atoms in total. The first-order chi connectivity index (χ1) is 12.2. The highest BCUT2D eigenvalue weighted by Crippen LogP contribution is 2.24. The van der Waals surface area contributed by atoms with E-state index in [2.05, 4.69) is 0 Å². The summed E-state index contributed by atoms with van der Waals surface area (Å²) in [5, 5.41) is 1.98. The van der Waals surface area contributed by atoms with Crippen LogP contribution < -0.4 is 9.64 Å². The summed E-state index contributed by atoms with van der Waals surface area (Å²) in [7, 11) is 0. The van der Waals surface area contributed by atoms with Crippen LogP contribution in [0.3, 0.4) is 0 Å². The van der Waals surface area contributed by atoms with Gasteiger partial charge in [0.15, 0.2) is 0 Å². The quantitative estimate of drug-likeness (QED) is 0.613. The lowest BCUT2D eigenvalue weighted by atomic mass is 10.1. The highest BCUT2D eigenvalue weighted by molar-refractivity contribution is 7.09. The van der Waals surface area contributed by atoms with Gasteiger partial charge in [-0.1, -0.05) is 6.07 Å². The molecule has 5 heteroatoms. The summed E-state index contributed by atoms with van der Waals surface area (Å²) in [6.07, 6.45) is 0. The van der Waals surface area contributed by atoms with Crippen LogP contribution in [0.1, 0.15) is 22.2 Å². The first-order valence-corrected chi connectivity index (χ1v) is 8.88. The van der Waals surface area contributed by atoms with Crippen molar-refractivity contribution in [2.45, 2.75) is 13.5 Å². The molecule has 0 N–H and O–H groups in total. The van der Waals surface area contributed by atoms with Gasteiger partial charge in [0.1, 0.15) is 11.6 Å². The summed E-state index contributed by atoms with van der Waals surface area (Å²) in [4.78, 5) is 15.7. The number of nitrogens with zero attached hydrogens (tertiary/aromatic N) is 1. The highest BCUT2D eigenvalue weighted by Gasteiger charge is 2.19.